The molecule has 21 heavy (non-hydrogen) atoms. The summed E-state index contributed by atoms with van der Waals surface area (Å²) in [5.74, 6) is -0.0987. The van der Waals surface area contributed by atoms with Gasteiger partial charge in [-0.25, -0.2) is 4.98 Å². The molecule has 2 rings (SSSR count). The summed E-state index contributed by atoms with van der Waals surface area (Å²) in [7, 11) is 0. The number of ether oxygens (including phenoxy) is 1. The minimum absolute atomic E-state index is 0.0542. The molecule has 0 atom stereocenters. The van der Waals surface area contributed by atoms with Crippen molar-refractivity contribution in [2.75, 3.05) is 0 Å². The summed E-state index contributed by atoms with van der Waals surface area (Å²) in [6, 6.07) is 6.20. The highest BCUT2D eigenvalue weighted by Crippen LogP contribution is 2.37. The molecule has 6 nitrogen and oxygen atoms in total. The number of halogens is 1. The number of pyridine rings is 1. The maximum absolute atomic E-state index is 11.6. The molecule has 0 saturated heterocycles. The molecule has 1 aromatic heterocycles. The Kier molecular flexibility index (Phi) is 4.32. The van der Waals surface area contributed by atoms with Gasteiger partial charge in [-0.1, -0.05) is 15.9 Å². The Labute approximate surface area is 129 Å². The van der Waals surface area contributed by atoms with Crippen molar-refractivity contribution in [2.45, 2.75) is 13.8 Å². The zero-order valence-corrected chi connectivity index (χ0v) is 12.9. The topological polar surface area (TPSA) is 82.3 Å². The fourth-order valence-electron chi connectivity index (χ4n) is 1.82. The highest BCUT2D eigenvalue weighted by Gasteiger charge is 2.21. The van der Waals surface area contributed by atoms with Gasteiger partial charge in [0.25, 0.3) is 0 Å². The van der Waals surface area contributed by atoms with E-state index in [1.165, 1.54) is 19.2 Å². The quantitative estimate of drug-likeness (QED) is 0.471. The van der Waals surface area contributed by atoms with Crippen LogP contribution in [0.3, 0.4) is 0 Å². The van der Waals surface area contributed by atoms with Crippen molar-refractivity contribution in [3.05, 3.63) is 56.2 Å². The summed E-state index contributed by atoms with van der Waals surface area (Å²) in [6.07, 6.45) is 1.46. The molecular formula is C14H11BrN2O4. The van der Waals surface area contributed by atoms with Gasteiger partial charge in [-0.05, 0) is 32.0 Å². The van der Waals surface area contributed by atoms with Gasteiger partial charge in [0.15, 0.2) is 5.78 Å². The molecule has 0 spiro atoms. The van der Waals surface area contributed by atoms with Gasteiger partial charge < -0.3 is 4.74 Å². The monoisotopic (exact) mass is 350 g/mol. The SMILES string of the molecule is CC(=O)c1cccnc1Oc1c(C)cc(Br)cc1[N+](=O)[O-]. The van der Waals surface area contributed by atoms with Crippen LogP contribution in [0, 0.1) is 17.0 Å². The molecule has 0 saturated carbocycles. The molecule has 0 aliphatic heterocycles. The lowest BCUT2D eigenvalue weighted by atomic mass is 10.2. The standard InChI is InChI=1S/C14H11BrN2O4/c1-8-6-10(15)7-12(17(19)20)13(8)21-14-11(9(2)18)4-3-5-16-14/h3-7H,1-2H3. The predicted molar refractivity (Wildman–Crippen MR) is 79.8 cm³/mol. The van der Waals surface area contributed by atoms with Crippen molar-refractivity contribution in [3.8, 4) is 11.6 Å². The lowest BCUT2D eigenvalue weighted by Gasteiger charge is -2.11. The summed E-state index contributed by atoms with van der Waals surface area (Å²) >= 11 is 3.21. The van der Waals surface area contributed by atoms with Gasteiger partial charge in [0.05, 0.1) is 10.5 Å². The van der Waals surface area contributed by atoms with Gasteiger partial charge in [-0.15, -0.1) is 0 Å². The lowest BCUT2D eigenvalue weighted by Crippen LogP contribution is -2.02. The van der Waals surface area contributed by atoms with Gasteiger partial charge in [-0.2, -0.15) is 0 Å². The molecule has 1 aromatic carbocycles. The van der Waals surface area contributed by atoms with E-state index in [0.717, 1.165) is 0 Å². The molecule has 0 bridgehead atoms. The summed E-state index contributed by atoms with van der Waals surface area (Å²) in [5, 5.41) is 11.2. The number of rotatable bonds is 4. The van der Waals surface area contributed by atoms with E-state index in [0.29, 0.717) is 10.0 Å². The van der Waals surface area contributed by atoms with Gasteiger partial charge in [0, 0.05) is 22.3 Å². The molecule has 0 N–H and O–H groups in total. The van der Waals surface area contributed by atoms with E-state index < -0.39 is 4.92 Å². The summed E-state index contributed by atoms with van der Waals surface area (Å²) in [6.45, 7) is 3.07. The van der Waals surface area contributed by atoms with Crippen LogP contribution in [0.5, 0.6) is 11.6 Å². The first kappa shape index (κ1) is 15.1. The number of carbonyl (C=O) groups is 1. The third-order valence-electron chi connectivity index (χ3n) is 2.77. The average Bonchev–Trinajstić information content (AvgIpc) is 2.41. The van der Waals surface area contributed by atoms with E-state index in [9.17, 15) is 14.9 Å². The zero-order chi connectivity index (χ0) is 15.6. The van der Waals surface area contributed by atoms with Crippen molar-refractivity contribution in [1.82, 2.24) is 4.98 Å². The Balaban J connectivity index is 2.55. The van der Waals surface area contributed by atoms with Gasteiger partial charge >= 0.3 is 5.69 Å². The van der Waals surface area contributed by atoms with E-state index >= 15 is 0 Å². The molecule has 108 valence electrons. The lowest BCUT2D eigenvalue weighted by molar-refractivity contribution is -0.385. The van der Waals surface area contributed by atoms with E-state index in [4.69, 9.17) is 4.74 Å². The Morgan fingerprint density at radius 3 is 2.76 bits per heavy atom. The summed E-state index contributed by atoms with van der Waals surface area (Å²) < 4.78 is 6.13. The van der Waals surface area contributed by atoms with Gasteiger partial charge in [0.1, 0.15) is 0 Å². The third kappa shape index (κ3) is 3.25. The van der Waals surface area contributed by atoms with Crippen LogP contribution >= 0.6 is 15.9 Å². The maximum atomic E-state index is 11.6. The van der Waals surface area contributed by atoms with Crippen LogP contribution in [0.1, 0.15) is 22.8 Å². The van der Waals surface area contributed by atoms with Crippen molar-refractivity contribution < 1.29 is 14.5 Å². The first-order valence-corrected chi connectivity index (χ1v) is 6.77. The predicted octanol–water partition coefficient (Wildman–Crippen LogP) is 4.06. The van der Waals surface area contributed by atoms with Gasteiger partial charge in [0.2, 0.25) is 11.6 Å². The number of nitro benzene ring substituents is 1. The summed E-state index contributed by atoms with van der Waals surface area (Å²) in [4.78, 5) is 26.1. The van der Waals surface area contributed by atoms with Crippen LogP contribution in [0.4, 0.5) is 5.69 Å². The second kappa shape index (κ2) is 6.01. The number of aryl methyl sites for hydroxylation is 1. The first-order chi connectivity index (χ1) is 9.90. The molecule has 0 aliphatic carbocycles. The van der Waals surface area contributed by atoms with E-state index in [2.05, 4.69) is 20.9 Å². The smallest absolute Gasteiger partial charge is 0.313 e. The number of ketones is 1. The molecule has 1 heterocycles. The average molecular weight is 351 g/mol. The number of aromatic nitrogens is 1. The molecule has 0 amide bonds. The number of hydrogen-bond donors (Lipinski definition) is 0. The van der Waals surface area contributed by atoms with Gasteiger partial charge in [-0.3, -0.25) is 14.9 Å². The largest absolute Gasteiger partial charge is 0.431 e. The summed E-state index contributed by atoms with van der Waals surface area (Å²) in [5.41, 5.74) is 0.646. The van der Waals surface area contributed by atoms with E-state index in [1.807, 2.05) is 0 Å². The Morgan fingerprint density at radius 2 is 2.14 bits per heavy atom. The van der Waals surface area contributed by atoms with Crippen LogP contribution in [-0.2, 0) is 0 Å². The van der Waals surface area contributed by atoms with E-state index in [-0.39, 0.29) is 28.7 Å². The molecule has 0 fully saturated rings. The van der Waals surface area contributed by atoms with Crippen molar-refractivity contribution >= 4 is 27.4 Å². The maximum Gasteiger partial charge on any atom is 0.313 e. The molecular weight excluding hydrogens is 340 g/mol. The fourth-order valence-corrected chi connectivity index (χ4v) is 2.38. The molecule has 7 heteroatoms. The number of carbonyl (C=O) groups excluding carboxylic acids is 1. The second-order valence-electron chi connectivity index (χ2n) is 4.34. The highest BCUT2D eigenvalue weighted by atomic mass is 79.9. The highest BCUT2D eigenvalue weighted by molar-refractivity contribution is 9.10. The number of hydrogen-bond acceptors (Lipinski definition) is 5. The first-order valence-electron chi connectivity index (χ1n) is 5.98. The van der Waals surface area contributed by atoms with Crippen molar-refractivity contribution in [1.29, 1.82) is 0 Å². The third-order valence-corrected chi connectivity index (χ3v) is 3.22. The van der Waals surface area contributed by atoms with Crippen molar-refractivity contribution in [3.63, 3.8) is 0 Å². The number of benzene rings is 1. The molecule has 2 aromatic rings. The minimum Gasteiger partial charge on any atom is -0.431 e. The number of Topliss-reactive ketones (excluding diaryl/α,β-unsaturated/α-hetero) is 1. The zero-order valence-electron chi connectivity index (χ0n) is 11.3. The Bertz CT molecular complexity index is 731. The van der Waals surface area contributed by atoms with Crippen LogP contribution in [0.2, 0.25) is 0 Å². The van der Waals surface area contributed by atoms with E-state index in [1.54, 1.807) is 25.1 Å². The number of nitrogens with zero attached hydrogens (tertiary/aromatic N) is 2. The normalized spacial score (nSPS) is 10.2. The number of nitro groups is 1. The van der Waals surface area contributed by atoms with Crippen LogP contribution in [-0.4, -0.2) is 15.7 Å². The Hall–Kier alpha value is -2.28. The minimum atomic E-state index is -0.538. The van der Waals surface area contributed by atoms with Crippen molar-refractivity contribution in [2.24, 2.45) is 0 Å². The van der Waals surface area contributed by atoms with Crippen LogP contribution in [0.25, 0.3) is 0 Å². The fraction of sp³-hybridized carbons (Fsp3) is 0.143. The second-order valence-corrected chi connectivity index (χ2v) is 5.26. The molecule has 0 aliphatic rings. The van der Waals surface area contributed by atoms with Crippen LogP contribution < -0.4 is 4.74 Å². The molecule has 0 unspecified atom stereocenters. The van der Waals surface area contributed by atoms with Crippen LogP contribution in [0.15, 0.2) is 34.9 Å². The Morgan fingerprint density at radius 1 is 1.43 bits per heavy atom. The molecule has 0 radical (unpaired) electrons.